The van der Waals surface area contributed by atoms with E-state index in [0.717, 1.165) is 51.5 Å². The Bertz CT molecular complexity index is 642. The van der Waals surface area contributed by atoms with Gasteiger partial charge in [0.05, 0.1) is 5.69 Å². The molecule has 1 N–H and O–H groups in total. The summed E-state index contributed by atoms with van der Waals surface area (Å²) in [5.74, 6) is 1.17. The van der Waals surface area contributed by atoms with Gasteiger partial charge in [-0.2, -0.15) is 0 Å². The number of carbonyl (C=O) groups is 1. The number of H-pyrrole nitrogens is 1. The molecule has 0 aliphatic carbocycles. The molecular weight excluding hydrogens is 290 g/mol. The Balaban J connectivity index is 1.71. The Morgan fingerprint density at radius 2 is 2.13 bits per heavy atom. The Hall–Kier alpha value is -2.08. The molecule has 6 nitrogen and oxygen atoms in total. The molecule has 6 heteroatoms. The molecule has 0 radical (unpaired) electrons. The van der Waals surface area contributed by atoms with Gasteiger partial charge in [-0.25, -0.2) is 4.98 Å². The number of carbonyl (C=O) groups excluding carboxylic acids is 1. The molecule has 0 unspecified atom stereocenters. The van der Waals surface area contributed by atoms with Gasteiger partial charge in [-0.3, -0.25) is 9.69 Å². The van der Waals surface area contributed by atoms with Crippen LogP contribution in [0.3, 0.4) is 0 Å². The first-order valence-electron chi connectivity index (χ1n) is 8.41. The van der Waals surface area contributed by atoms with Crippen LogP contribution in [0.25, 0.3) is 0 Å². The van der Waals surface area contributed by atoms with Crippen LogP contribution in [0.1, 0.15) is 35.9 Å². The molecule has 1 amide bonds. The lowest BCUT2D eigenvalue weighted by atomic mass is 10.3. The third-order valence-electron chi connectivity index (χ3n) is 4.62. The number of fused-ring (bicyclic) bond motifs is 1. The highest BCUT2D eigenvalue weighted by Crippen LogP contribution is 2.15. The van der Waals surface area contributed by atoms with Gasteiger partial charge in [0.1, 0.15) is 11.5 Å². The second-order valence-corrected chi connectivity index (χ2v) is 5.90. The molecule has 1 aliphatic heterocycles. The van der Waals surface area contributed by atoms with Gasteiger partial charge in [0.15, 0.2) is 0 Å². The number of nitrogens with zero attached hydrogens (tertiary/aromatic N) is 4. The summed E-state index contributed by atoms with van der Waals surface area (Å²) in [5.41, 5.74) is 1.91. The number of hydrogen-bond acceptors (Lipinski definition) is 3. The molecular formula is C17H25N5O. The van der Waals surface area contributed by atoms with Gasteiger partial charge in [0.25, 0.3) is 5.91 Å². The maximum atomic E-state index is 12.5. The van der Waals surface area contributed by atoms with Crippen LogP contribution in [-0.4, -0.2) is 56.4 Å². The van der Waals surface area contributed by atoms with Crippen molar-refractivity contribution in [3.05, 3.63) is 41.7 Å². The summed E-state index contributed by atoms with van der Waals surface area (Å²) in [7, 11) is 0. The van der Waals surface area contributed by atoms with Gasteiger partial charge in [-0.05, 0) is 25.2 Å². The van der Waals surface area contributed by atoms with Gasteiger partial charge >= 0.3 is 0 Å². The highest BCUT2D eigenvalue weighted by molar-refractivity contribution is 5.92. The molecule has 3 rings (SSSR count). The van der Waals surface area contributed by atoms with E-state index in [9.17, 15) is 4.79 Å². The van der Waals surface area contributed by atoms with Crippen molar-refractivity contribution in [3.8, 4) is 0 Å². The predicted molar refractivity (Wildman–Crippen MR) is 89.3 cm³/mol. The van der Waals surface area contributed by atoms with E-state index in [-0.39, 0.29) is 5.91 Å². The van der Waals surface area contributed by atoms with E-state index in [0.29, 0.717) is 5.69 Å². The quantitative estimate of drug-likeness (QED) is 0.914. The minimum absolute atomic E-state index is 0.0750. The Morgan fingerprint density at radius 3 is 2.83 bits per heavy atom. The van der Waals surface area contributed by atoms with Crippen LogP contribution in [-0.2, 0) is 19.5 Å². The average Bonchev–Trinajstić information content (AvgIpc) is 3.18. The number of imidazole rings is 1. The van der Waals surface area contributed by atoms with Crippen molar-refractivity contribution in [2.45, 2.75) is 33.4 Å². The molecule has 2 aromatic heterocycles. The van der Waals surface area contributed by atoms with Crippen molar-refractivity contribution < 1.29 is 4.79 Å². The highest BCUT2D eigenvalue weighted by atomic mass is 16.2. The van der Waals surface area contributed by atoms with Crippen LogP contribution in [0.5, 0.6) is 0 Å². The molecule has 0 fully saturated rings. The smallest absolute Gasteiger partial charge is 0.270 e. The third kappa shape index (κ3) is 3.32. The van der Waals surface area contributed by atoms with Gasteiger partial charge in [-0.1, -0.05) is 13.8 Å². The SMILES string of the molecule is CCN(CC)Cc1cnc2n1CCN(C(=O)c1ccc[nH]1)CC2. The number of hydrogen-bond donors (Lipinski definition) is 1. The topological polar surface area (TPSA) is 57.2 Å². The zero-order chi connectivity index (χ0) is 16.2. The number of aromatic nitrogens is 3. The summed E-state index contributed by atoms with van der Waals surface area (Å²) in [6.45, 7) is 9.62. The highest BCUT2D eigenvalue weighted by Gasteiger charge is 2.22. The molecule has 3 heterocycles. The van der Waals surface area contributed by atoms with E-state index in [2.05, 4.69) is 33.3 Å². The second-order valence-electron chi connectivity index (χ2n) is 5.90. The van der Waals surface area contributed by atoms with E-state index in [1.54, 1.807) is 6.20 Å². The van der Waals surface area contributed by atoms with Crippen LogP contribution >= 0.6 is 0 Å². The van der Waals surface area contributed by atoms with Gasteiger partial charge in [-0.15, -0.1) is 0 Å². The predicted octanol–water partition coefficient (Wildman–Crippen LogP) is 1.75. The van der Waals surface area contributed by atoms with Crippen LogP contribution in [0.4, 0.5) is 0 Å². The van der Waals surface area contributed by atoms with Crippen LogP contribution in [0.2, 0.25) is 0 Å². The molecule has 0 atom stereocenters. The van der Waals surface area contributed by atoms with Crippen LogP contribution < -0.4 is 0 Å². The lowest BCUT2D eigenvalue weighted by Crippen LogP contribution is -2.34. The second kappa shape index (κ2) is 7.00. The number of rotatable bonds is 5. The van der Waals surface area contributed by atoms with Crippen molar-refractivity contribution in [1.29, 1.82) is 0 Å². The third-order valence-corrected chi connectivity index (χ3v) is 4.62. The summed E-state index contributed by atoms with van der Waals surface area (Å²) in [4.78, 5) is 24.4. The molecule has 124 valence electrons. The summed E-state index contributed by atoms with van der Waals surface area (Å²) in [5, 5.41) is 0. The average molecular weight is 315 g/mol. The maximum Gasteiger partial charge on any atom is 0.270 e. The summed E-state index contributed by atoms with van der Waals surface area (Å²) < 4.78 is 2.29. The first-order chi connectivity index (χ1) is 11.2. The van der Waals surface area contributed by atoms with E-state index in [1.165, 1.54) is 5.69 Å². The summed E-state index contributed by atoms with van der Waals surface area (Å²) >= 11 is 0. The molecule has 0 saturated heterocycles. The van der Waals surface area contributed by atoms with Gasteiger partial charge in [0.2, 0.25) is 0 Å². The van der Waals surface area contributed by atoms with Gasteiger partial charge in [0, 0.05) is 45.0 Å². The number of aromatic amines is 1. The minimum atomic E-state index is 0.0750. The van der Waals surface area contributed by atoms with Crippen molar-refractivity contribution in [1.82, 2.24) is 24.3 Å². The lowest BCUT2D eigenvalue weighted by molar-refractivity contribution is 0.0753. The lowest BCUT2D eigenvalue weighted by Gasteiger charge is -2.21. The monoisotopic (exact) mass is 315 g/mol. The van der Waals surface area contributed by atoms with Crippen molar-refractivity contribution >= 4 is 5.91 Å². The fraction of sp³-hybridized carbons (Fsp3) is 0.529. The van der Waals surface area contributed by atoms with Crippen molar-refractivity contribution in [3.63, 3.8) is 0 Å². The van der Waals surface area contributed by atoms with E-state index in [4.69, 9.17) is 0 Å². The van der Waals surface area contributed by atoms with Crippen LogP contribution in [0.15, 0.2) is 24.5 Å². The van der Waals surface area contributed by atoms with Crippen molar-refractivity contribution in [2.24, 2.45) is 0 Å². The standard InChI is InChI=1S/C17H25N5O/c1-3-20(4-2)13-14-12-19-16-7-9-21(10-11-22(14)16)17(23)15-6-5-8-18-15/h5-6,8,12,18H,3-4,7,9-11,13H2,1-2H3. The fourth-order valence-corrected chi connectivity index (χ4v) is 3.13. The molecule has 0 aromatic carbocycles. The zero-order valence-electron chi connectivity index (χ0n) is 14.0. The maximum absolute atomic E-state index is 12.5. The molecule has 0 spiro atoms. The first kappa shape index (κ1) is 15.8. The zero-order valence-corrected chi connectivity index (χ0v) is 14.0. The molecule has 1 aliphatic rings. The van der Waals surface area contributed by atoms with Crippen LogP contribution in [0, 0.1) is 0 Å². The molecule has 2 aromatic rings. The van der Waals surface area contributed by atoms with E-state index in [1.807, 2.05) is 23.2 Å². The summed E-state index contributed by atoms with van der Waals surface area (Å²) in [6, 6.07) is 3.69. The van der Waals surface area contributed by atoms with Crippen molar-refractivity contribution in [2.75, 3.05) is 26.2 Å². The van der Waals surface area contributed by atoms with E-state index < -0.39 is 0 Å². The first-order valence-corrected chi connectivity index (χ1v) is 8.41. The summed E-state index contributed by atoms with van der Waals surface area (Å²) in [6.07, 6.45) is 4.60. The number of amides is 1. The largest absolute Gasteiger partial charge is 0.357 e. The molecule has 23 heavy (non-hydrogen) atoms. The minimum Gasteiger partial charge on any atom is -0.357 e. The molecule has 0 bridgehead atoms. The Labute approximate surface area is 137 Å². The molecule has 0 saturated carbocycles. The van der Waals surface area contributed by atoms with E-state index >= 15 is 0 Å². The fourth-order valence-electron chi connectivity index (χ4n) is 3.13. The Morgan fingerprint density at radius 1 is 1.30 bits per heavy atom. The number of nitrogens with one attached hydrogen (secondary N) is 1. The normalized spacial score (nSPS) is 14.8. The van der Waals surface area contributed by atoms with Gasteiger partial charge < -0.3 is 14.5 Å². The Kier molecular flexibility index (Phi) is 4.81.